The van der Waals surface area contributed by atoms with E-state index in [2.05, 4.69) is 15.4 Å². The van der Waals surface area contributed by atoms with E-state index in [1.807, 2.05) is 60.2 Å². The van der Waals surface area contributed by atoms with E-state index in [0.29, 0.717) is 33.4 Å². The van der Waals surface area contributed by atoms with Crippen molar-refractivity contribution in [1.29, 1.82) is 0 Å². The van der Waals surface area contributed by atoms with Crippen molar-refractivity contribution in [3.63, 3.8) is 0 Å². The number of imidazole rings is 1. The predicted molar refractivity (Wildman–Crippen MR) is 246 cm³/mol. The number of para-hydroxylation sites is 1. The summed E-state index contributed by atoms with van der Waals surface area (Å²) in [6.07, 6.45) is 5.41. The van der Waals surface area contributed by atoms with Crippen LogP contribution >= 0.6 is 34.5 Å². The quantitative estimate of drug-likeness (QED) is 0.144. The minimum atomic E-state index is -4.20. The Morgan fingerprint density at radius 1 is 1.06 bits per heavy atom. The number of benzene rings is 2. The third-order valence-corrected chi connectivity index (χ3v) is 14.5. The van der Waals surface area contributed by atoms with Gasteiger partial charge in [-0.3, -0.25) is 19.0 Å². The molecule has 1 saturated heterocycles. The number of hydrogen-bond acceptors (Lipinski definition) is 11. The fraction of sp³-hybridized carbons (Fsp3) is 0.500. The van der Waals surface area contributed by atoms with Gasteiger partial charge in [0.25, 0.3) is 11.9 Å². The molecule has 5 atom stereocenters. The summed E-state index contributed by atoms with van der Waals surface area (Å²) in [5, 5.41) is 9.15. The Morgan fingerprint density at radius 3 is 2.53 bits per heavy atom. The molecule has 2 aromatic heterocycles. The number of alkyl carbamates (subject to hydrolysis) is 1. The molecule has 2 aliphatic heterocycles. The summed E-state index contributed by atoms with van der Waals surface area (Å²) >= 11 is 13.9. The number of rotatable bonds is 9. The summed E-state index contributed by atoms with van der Waals surface area (Å²) in [6, 6.07) is 9.06. The number of amides is 4. The molecule has 4 aromatic rings. The van der Waals surface area contributed by atoms with Crippen LogP contribution in [0.3, 0.4) is 0 Å². The highest BCUT2D eigenvalue weighted by atomic mass is 35.5. The summed E-state index contributed by atoms with van der Waals surface area (Å²) in [5.74, 6) is -2.56. The van der Waals surface area contributed by atoms with E-state index in [1.165, 1.54) is 30.3 Å². The molecule has 2 aromatic carbocycles. The number of halogens is 2. The molecule has 1 aliphatic carbocycles. The molecule has 0 radical (unpaired) electrons. The monoisotopic (exact) mass is 956 g/mol. The number of aromatic nitrogens is 3. The average molecular weight is 958 g/mol. The number of thiazole rings is 1. The summed E-state index contributed by atoms with van der Waals surface area (Å²) in [4.78, 5) is 67.7. The first-order valence-corrected chi connectivity index (χ1v) is 24.4. The lowest BCUT2D eigenvalue weighted by Crippen LogP contribution is -2.58. The van der Waals surface area contributed by atoms with E-state index < -0.39 is 69.3 Å². The number of nitrogens with one attached hydrogen (secondary N) is 3. The second-order valence-corrected chi connectivity index (χ2v) is 21.5. The van der Waals surface area contributed by atoms with Crippen molar-refractivity contribution in [3.05, 3.63) is 64.0 Å². The first-order valence-electron chi connectivity index (χ1n) is 21.3. The van der Waals surface area contributed by atoms with Gasteiger partial charge in [0.05, 0.1) is 27.8 Å². The average Bonchev–Trinajstić information content (AvgIpc) is 3.56. The maximum Gasteiger partial charge on any atom is 0.408 e. The molecule has 20 heteroatoms. The van der Waals surface area contributed by atoms with Crippen molar-refractivity contribution in [3.8, 4) is 27.8 Å². The maximum atomic E-state index is 14.7. The first-order chi connectivity index (χ1) is 30.2. The van der Waals surface area contributed by atoms with Crippen molar-refractivity contribution in [2.75, 3.05) is 20.6 Å². The Bertz CT molecular complexity index is 2590. The number of carbonyl (C=O) groups is 4. The molecule has 64 heavy (non-hydrogen) atoms. The van der Waals surface area contributed by atoms with Gasteiger partial charge in [0.1, 0.15) is 39.9 Å². The fourth-order valence-electron chi connectivity index (χ4n) is 8.10. The van der Waals surface area contributed by atoms with Crippen molar-refractivity contribution in [2.24, 2.45) is 5.92 Å². The standard InChI is InChI=1S/C44H54Cl2N8O8S2/c1-25(2)54-34-17-13-15-29(38-47-33(24-63-38)26-18-19-30(45)31(46)20-26)36(34)49-41(54)61-28-21-35-37(55)50-44(40(57)51-64(59,60)52(6)7)22-27(44)14-11-9-8-10-12-16-32(39(56)53(35)23-28)48-42(58)62-43(3,4)5/h11,13-15,17-20,24-25,27-28,32,35H,8-10,12,16,21-23H2,1-7H3,(H,48,58)(H,50,55)(H,51,57)/b14-11-/t27-,28-,32+,35+,44-/m1/s1. The molecule has 7 rings (SSSR count). The molecule has 4 heterocycles. The second-order valence-electron chi connectivity index (χ2n) is 17.9. The second kappa shape index (κ2) is 18.6. The van der Waals surface area contributed by atoms with E-state index in [-0.39, 0.29) is 37.9 Å². The lowest BCUT2D eigenvalue weighted by Gasteiger charge is -2.30. The van der Waals surface area contributed by atoms with Crippen LogP contribution in [-0.4, -0.2) is 106 Å². The molecule has 16 nitrogen and oxygen atoms in total. The van der Waals surface area contributed by atoms with Gasteiger partial charge in [-0.15, -0.1) is 11.3 Å². The molecule has 0 bridgehead atoms. The first kappa shape index (κ1) is 47.2. The van der Waals surface area contributed by atoms with E-state index in [9.17, 15) is 27.6 Å². The summed E-state index contributed by atoms with van der Waals surface area (Å²) in [5.41, 5.74) is 1.30. The van der Waals surface area contributed by atoms with Crippen molar-refractivity contribution in [1.82, 2.24) is 39.1 Å². The van der Waals surface area contributed by atoms with Crippen LogP contribution in [0.25, 0.3) is 32.9 Å². The smallest absolute Gasteiger partial charge is 0.408 e. The van der Waals surface area contributed by atoms with Crippen molar-refractivity contribution < 1.29 is 37.1 Å². The highest BCUT2D eigenvalue weighted by molar-refractivity contribution is 7.87. The predicted octanol–water partition coefficient (Wildman–Crippen LogP) is 7.27. The van der Waals surface area contributed by atoms with Gasteiger partial charge in [-0.1, -0.05) is 60.3 Å². The Hall–Kier alpha value is -4.75. The van der Waals surface area contributed by atoms with Gasteiger partial charge in [-0.2, -0.15) is 17.7 Å². The molecule has 4 amide bonds. The summed E-state index contributed by atoms with van der Waals surface area (Å²) in [6.45, 7) is 9.10. The normalized spacial score (nSPS) is 23.8. The van der Waals surface area contributed by atoms with Crippen LogP contribution in [-0.2, 0) is 29.3 Å². The molecular formula is C44H54Cl2N8O8S2. The van der Waals surface area contributed by atoms with Gasteiger partial charge < -0.3 is 25.0 Å². The van der Waals surface area contributed by atoms with Gasteiger partial charge in [-0.05, 0) is 84.6 Å². The summed E-state index contributed by atoms with van der Waals surface area (Å²) in [7, 11) is -1.62. The Labute approximate surface area is 387 Å². The van der Waals surface area contributed by atoms with Gasteiger partial charge in [-0.25, -0.2) is 14.5 Å². The Balaban J connectivity index is 1.23. The number of fused-ring (bicyclic) bond motifs is 3. The molecule has 0 spiro atoms. The van der Waals surface area contributed by atoms with E-state index in [1.54, 1.807) is 32.9 Å². The molecule has 3 aliphatic rings. The number of hydrogen-bond donors (Lipinski definition) is 3. The highest BCUT2D eigenvalue weighted by Gasteiger charge is 2.62. The summed E-state index contributed by atoms with van der Waals surface area (Å²) < 4.78 is 42.8. The van der Waals surface area contributed by atoms with Crippen LogP contribution in [0.15, 0.2) is 53.9 Å². The molecule has 0 unspecified atom stereocenters. The van der Waals surface area contributed by atoms with Crippen LogP contribution in [0.5, 0.6) is 6.01 Å². The topological polar surface area (TPSA) is 194 Å². The van der Waals surface area contributed by atoms with Crippen molar-refractivity contribution >= 4 is 79.6 Å². The van der Waals surface area contributed by atoms with Gasteiger partial charge in [0.15, 0.2) is 0 Å². The van der Waals surface area contributed by atoms with E-state index in [4.69, 9.17) is 42.6 Å². The zero-order chi connectivity index (χ0) is 46.3. The van der Waals surface area contributed by atoms with Crippen LogP contribution < -0.4 is 20.1 Å². The fourth-order valence-corrected chi connectivity index (χ4v) is 9.85. The third kappa shape index (κ3) is 10.2. The minimum absolute atomic E-state index is 0.00141. The lowest BCUT2D eigenvalue weighted by atomic mass is 10.0. The van der Waals surface area contributed by atoms with Gasteiger partial charge >= 0.3 is 16.3 Å². The molecule has 3 N–H and O–H groups in total. The van der Waals surface area contributed by atoms with Gasteiger partial charge in [0, 0.05) is 49.0 Å². The largest absolute Gasteiger partial charge is 0.459 e. The zero-order valence-electron chi connectivity index (χ0n) is 36.8. The molecule has 1 saturated carbocycles. The third-order valence-electron chi connectivity index (χ3n) is 11.5. The van der Waals surface area contributed by atoms with Crippen LogP contribution in [0.4, 0.5) is 4.79 Å². The van der Waals surface area contributed by atoms with Crippen molar-refractivity contribution in [2.45, 2.75) is 115 Å². The Morgan fingerprint density at radius 2 is 1.83 bits per heavy atom. The SMILES string of the molecule is CC(C)n1c(O[C@@H]2C[C@H]3C(=O)N[C@]4(C(=O)NS(=O)(=O)N(C)C)C[C@H]4/C=C\CCCCC[C@H](NC(=O)OC(C)(C)C)C(=O)N3C2)nc2c(-c3nc(-c4ccc(Cl)c(Cl)c4)cs3)cccc21. The number of ether oxygens (including phenoxy) is 2. The number of nitrogens with zero attached hydrogens (tertiary/aromatic N) is 5. The number of allylic oxidation sites excluding steroid dienone is 1. The van der Waals surface area contributed by atoms with Crippen LogP contribution in [0, 0.1) is 5.92 Å². The molecule has 2 fully saturated rings. The highest BCUT2D eigenvalue weighted by Crippen LogP contribution is 2.46. The van der Waals surface area contributed by atoms with Crippen LogP contribution in [0.2, 0.25) is 10.0 Å². The maximum absolute atomic E-state index is 14.7. The Kier molecular flexibility index (Phi) is 13.7. The lowest BCUT2D eigenvalue weighted by molar-refractivity contribution is -0.141. The zero-order valence-corrected chi connectivity index (χ0v) is 40.0. The van der Waals surface area contributed by atoms with E-state index in [0.717, 1.165) is 39.5 Å². The van der Waals surface area contributed by atoms with Crippen LogP contribution in [0.1, 0.15) is 85.6 Å². The molecular weight excluding hydrogens is 904 g/mol. The number of carbonyl (C=O) groups excluding carboxylic acids is 4. The van der Waals surface area contributed by atoms with E-state index >= 15 is 0 Å². The molecule has 344 valence electrons. The minimum Gasteiger partial charge on any atom is -0.459 e. The van der Waals surface area contributed by atoms with Gasteiger partial charge in [0.2, 0.25) is 11.8 Å².